The van der Waals surface area contributed by atoms with Gasteiger partial charge < -0.3 is 5.32 Å². The van der Waals surface area contributed by atoms with E-state index < -0.39 is 0 Å². The largest absolute Gasteiger partial charge is 0.322 e. The Morgan fingerprint density at radius 2 is 1.95 bits per heavy atom. The molecule has 0 aliphatic carbocycles. The van der Waals surface area contributed by atoms with Crippen molar-refractivity contribution >= 4 is 46.1 Å². The molecule has 0 saturated carbocycles. The number of anilines is 1. The summed E-state index contributed by atoms with van der Waals surface area (Å²) in [4.78, 5) is 15.1. The number of rotatable bonds is 5. The molecule has 0 atom stereocenters. The van der Waals surface area contributed by atoms with Crippen molar-refractivity contribution < 1.29 is 4.79 Å². The van der Waals surface area contributed by atoms with Gasteiger partial charge in [-0.25, -0.2) is 0 Å². The lowest BCUT2D eigenvalue weighted by Gasteiger charge is -2.16. The number of nitrogens with zero attached hydrogens (tertiary/aromatic N) is 1. The van der Waals surface area contributed by atoms with Crippen molar-refractivity contribution in [3.63, 3.8) is 0 Å². The van der Waals surface area contributed by atoms with Crippen molar-refractivity contribution in [3.05, 3.63) is 50.6 Å². The molecule has 3 nitrogen and oxygen atoms in total. The number of para-hydroxylation sites is 1. The van der Waals surface area contributed by atoms with Crippen molar-refractivity contribution in [3.8, 4) is 0 Å². The number of carbonyl (C=O) groups excluding carboxylic acids is 1. The van der Waals surface area contributed by atoms with Gasteiger partial charge in [0, 0.05) is 11.4 Å². The fourth-order valence-electron chi connectivity index (χ4n) is 1.77. The van der Waals surface area contributed by atoms with Crippen LogP contribution in [0.5, 0.6) is 0 Å². The number of amides is 1. The Bertz CT molecular complexity index is 567. The van der Waals surface area contributed by atoms with Crippen molar-refractivity contribution in [2.75, 3.05) is 18.9 Å². The summed E-state index contributed by atoms with van der Waals surface area (Å²) < 4.78 is 0. The second kappa shape index (κ2) is 7.09. The average molecular weight is 329 g/mol. The molecule has 20 heavy (non-hydrogen) atoms. The maximum absolute atomic E-state index is 12.0. The Hall–Kier alpha value is -1.07. The Kier molecular flexibility index (Phi) is 5.43. The highest BCUT2D eigenvalue weighted by atomic mass is 35.5. The lowest BCUT2D eigenvalue weighted by Crippen LogP contribution is -2.29. The first-order valence-electron chi connectivity index (χ1n) is 6.01. The number of hydrogen-bond acceptors (Lipinski definition) is 3. The molecule has 0 bridgehead atoms. The highest BCUT2D eigenvalue weighted by Gasteiger charge is 2.12. The highest BCUT2D eigenvalue weighted by molar-refractivity contribution is 7.09. The van der Waals surface area contributed by atoms with Gasteiger partial charge in [0.05, 0.1) is 22.3 Å². The predicted molar refractivity (Wildman–Crippen MR) is 85.7 cm³/mol. The first-order valence-corrected chi connectivity index (χ1v) is 7.64. The molecular formula is C14H14Cl2N2OS. The fraction of sp³-hybridized carbons (Fsp3) is 0.214. The van der Waals surface area contributed by atoms with Gasteiger partial charge in [-0.3, -0.25) is 9.69 Å². The smallest absolute Gasteiger partial charge is 0.238 e. The second-order valence-corrected chi connectivity index (χ2v) is 6.24. The van der Waals surface area contributed by atoms with E-state index in [-0.39, 0.29) is 12.5 Å². The van der Waals surface area contributed by atoms with Crippen LogP contribution in [-0.4, -0.2) is 24.4 Å². The van der Waals surface area contributed by atoms with E-state index in [1.807, 2.05) is 29.5 Å². The molecule has 1 aromatic carbocycles. The molecule has 1 heterocycles. The lowest BCUT2D eigenvalue weighted by atomic mass is 10.3. The number of nitrogens with one attached hydrogen (secondary N) is 1. The van der Waals surface area contributed by atoms with E-state index >= 15 is 0 Å². The van der Waals surface area contributed by atoms with E-state index in [1.165, 1.54) is 4.88 Å². The summed E-state index contributed by atoms with van der Waals surface area (Å²) in [5, 5.41) is 5.64. The molecule has 0 fully saturated rings. The van der Waals surface area contributed by atoms with Crippen LogP contribution < -0.4 is 5.32 Å². The van der Waals surface area contributed by atoms with Gasteiger partial charge in [0.15, 0.2) is 0 Å². The van der Waals surface area contributed by atoms with Crippen molar-refractivity contribution in [1.82, 2.24) is 4.90 Å². The maximum atomic E-state index is 12.0. The lowest BCUT2D eigenvalue weighted by molar-refractivity contribution is -0.117. The quantitative estimate of drug-likeness (QED) is 0.895. The third-order valence-corrected chi connectivity index (χ3v) is 4.14. The molecule has 2 aromatic rings. The van der Waals surface area contributed by atoms with E-state index in [0.29, 0.717) is 15.7 Å². The number of thiophene rings is 1. The Morgan fingerprint density at radius 1 is 1.25 bits per heavy atom. The molecule has 0 spiro atoms. The minimum atomic E-state index is -0.140. The molecule has 0 radical (unpaired) electrons. The van der Waals surface area contributed by atoms with Gasteiger partial charge in [-0.2, -0.15) is 0 Å². The first kappa shape index (κ1) is 15.3. The van der Waals surface area contributed by atoms with Crippen LogP contribution in [0.25, 0.3) is 0 Å². The number of likely N-dealkylation sites (N-methyl/N-ethyl adjacent to an activating group) is 1. The monoisotopic (exact) mass is 328 g/mol. The third kappa shape index (κ3) is 4.21. The van der Waals surface area contributed by atoms with Gasteiger partial charge in [0.25, 0.3) is 0 Å². The van der Waals surface area contributed by atoms with Gasteiger partial charge in [0.2, 0.25) is 5.91 Å². The summed E-state index contributed by atoms with van der Waals surface area (Å²) in [7, 11) is 1.90. The summed E-state index contributed by atoms with van der Waals surface area (Å²) in [5.41, 5.74) is 0.463. The molecule has 0 unspecified atom stereocenters. The van der Waals surface area contributed by atoms with E-state index in [1.54, 1.807) is 29.5 Å². The van der Waals surface area contributed by atoms with Gasteiger partial charge >= 0.3 is 0 Å². The van der Waals surface area contributed by atoms with Crippen LogP contribution in [0.1, 0.15) is 4.88 Å². The number of halogens is 2. The predicted octanol–water partition coefficient (Wildman–Crippen LogP) is 4.13. The Labute approximate surface area is 132 Å². The van der Waals surface area contributed by atoms with E-state index in [9.17, 15) is 4.79 Å². The summed E-state index contributed by atoms with van der Waals surface area (Å²) in [5.74, 6) is -0.140. The molecule has 0 saturated heterocycles. The fourth-order valence-corrected chi connectivity index (χ4v) is 3.04. The van der Waals surface area contributed by atoms with Gasteiger partial charge in [-0.15, -0.1) is 11.3 Å². The summed E-state index contributed by atoms with van der Waals surface area (Å²) >= 11 is 13.7. The Balaban J connectivity index is 1.92. The molecule has 6 heteroatoms. The number of hydrogen-bond donors (Lipinski definition) is 1. The minimum Gasteiger partial charge on any atom is -0.322 e. The van der Waals surface area contributed by atoms with E-state index in [0.717, 1.165) is 6.54 Å². The highest BCUT2D eigenvalue weighted by Crippen LogP contribution is 2.29. The molecule has 0 aliphatic rings. The zero-order valence-electron chi connectivity index (χ0n) is 10.9. The van der Waals surface area contributed by atoms with Gasteiger partial charge in [-0.05, 0) is 30.6 Å². The third-order valence-electron chi connectivity index (χ3n) is 2.65. The van der Waals surface area contributed by atoms with Crippen molar-refractivity contribution in [1.29, 1.82) is 0 Å². The first-order chi connectivity index (χ1) is 9.56. The minimum absolute atomic E-state index is 0.140. The topological polar surface area (TPSA) is 32.3 Å². The summed E-state index contributed by atoms with van der Waals surface area (Å²) in [6, 6.07) is 9.17. The summed E-state index contributed by atoms with van der Waals surface area (Å²) in [6.45, 7) is 1.01. The van der Waals surface area contributed by atoms with Gasteiger partial charge in [-0.1, -0.05) is 35.3 Å². The van der Waals surface area contributed by atoms with Crippen molar-refractivity contribution in [2.24, 2.45) is 0 Å². The van der Waals surface area contributed by atoms with E-state index in [4.69, 9.17) is 23.2 Å². The number of carbonyl (C=O) groups is 1. The van der Waals surface area contributed by atoms with Crippen LogP contribution in [0.15, 0.2) is 35.7 Å². The summed E-state index contributed by atoms with van der Waals surface area (Å²) in [6.07, 6.45) is 0. The van der Waals surface area contributed by atoms with Crippen LogP contribution >= 0.6 is 34.5 Å². The molecule has 106 valence electrons. The van der Waals surface area contributed by atoms with Crippen LogP contribution in [0.4, 0.5) is 5.69 Å². The zero-order chi connectivity index (χ0) is 14.5. The standard InChI is InChI=1S/C14H14Cl2N2OS/c1-18(8-10-4-3-7-20-10)9-13(19)17-14-11(15)5-2-6-12(14)16/h2-7H,8-9H2,1H3,(H,17,19). The molecule has 1 aromatic heterocycles. The zero-order valence-corrected chi connectivity index (χ0v) is 13.2. The molecule has 1 amide bonds. The second-order valence-electron chi connectivity index (χ2n) is 4.40. The van der Waals surface area contributed by atoms with Crippen LogP contribution in [0.3, 0.4) is 0 Å². The molecule has 2 rings (SSSR count). The average Bonchev–Trinajstić information content (AvgIpc) is 2.86. The van der Waals surface area contributed by atoms with Crippen LogP contribution in [-0.2, 0) is 11.3 Å². The van der Waals surface area contributed by atoms with Crippen molar-refractivity contribution in [2.45, 2.75) is 6.54 Å². The molecule has 0 aliphatic heterocycles. The molecular weight excluding hydrogens is 315 g/mol. The number of benzene rings is 1. The van der Waals surface area contributed by atoms with Crippen LogP contribution in [0.2, 0.25) is 10.0 Å². The van der Waals surface area contributed by atoms with Gasteiger partial charge in [0.1, 0.15) is 0 Å². The Morgan fingerprint density at radius 3 is 2.55 bits per heavy atom. The maximum Gasteiger partial charge on any atom is 0.238 e. The normalized spacial score (nSPS) is 10.8. The SMILES string of the molecule is CN(CC(=O)Nc1c(Cl)cccc1Cl)Cc1cccs1. The van der Waals surface area contributed by atoms with Crippen LogP contribution in [0, 0.1) is 0 Å². The molecule has 1 N–H and O–H groups in total. The van der Waals surface area contributed by atoms with E-state index in [2.05, 4.69) is 5.32 Å².